The molecule has 0 radical (unpaired) electrons. The van der Waals surface area contributed by atoms with E-state index in [-0.39, 0.29) is 27.9 Å². The molecule has 1 amide bonds. The summed E-state index contributed by atoms with van der Waals surface area (Å²) in [5.74, 6) is -1.14. The average molecular weight is 673 g/mol. The summed E-state index contributed by atoms with van der Waals surface area (Å²) in [6, 6.07) is 29.8. The van der Waals surface area contributed by atoms with Crippen LogP contribution in [0.15, 0.2) is 121 Å². The fourth-order valence-electron chi connectivity index (χ4n) is 5.44. The van der Waals surface area contributed by atoms with Gasteiger partial charge in [0.1, 0.15) is 41.1 Å². The van der Waals surface area contributed by atoms with E-state index in [9.17, 15) is 19.5 Å². The number of anilines is 1. The molecule has 4 aromatic carbocycles. The zero-order valence-corrected chi connectivity index (χ0v) is 27.6. The monoisotopic (exact) mass is 672 g/mol. The number of aromatic nitrogens is 1. The highest BCUT2D eigenvalue weighted by molar-refractivity contribution is 7.17. The number of aliphatic hydroxyl groups excluding tert-OH is 1. The molecule has 0 unspecified atom stereocenters. The number of hydrogen-bond acceptors (Lipinski definition) is 9. The number of aliphatic hydroxyl groups is 1. The van der Waals surface area contributed by atoms with Gasteiger partial charge in [0.05, 0.1) is 17.3 Å². The number of thiazole rings is 1. The van der Waals surface area contributed by atoms with Gasteiger partial charge in [-0.15, -0.1) is 0 Å². The lowest BCUT2D eigenvalue weighted by molar-refractivity contribution is -0.132. The molecule has 5 aromatic rings. The highest BCUT2D eigenvalue weighted by Crippen LogP contribution is 2.45. The number of para-hydroxylation sites is 1. The molecule has 1 N–H and O–H groups in total. The number of aryl methyl sites for hydroxylation is 2. The van der Waals surface area contributed by atoms with Crippen molar-refractivity contribution in [2.75, 3.05) is 11.5 Å². The number of esters is 1. The lowest BCUT2D eigenvalue weighted by Crippen LogP contribution is -2.29. The highest BCUT2D eigenvalue weighted by Gasteiger charge is 2.48. The Hall–Kier alpha value is -6.00. The maximum atomic E-state index is 13.9. The smallest absolute Gasteiger partial charge is 0.350 e. The van der Waals surface area contributed by atoms with E-state index in [0.717, 1.165) is 22.5 Å². The molecule has 0 spiro atoms. The first-order chi connectivity index (χ1) is 23.7. The summed E-state index contributed by atoms with van der Waals surface area (Å²) in [6.45, 7) is 7.38. The van der Waals surface area contributed by atoms with Gasteiger partial charge in [0.2, 0.25) is 0 Å². The summed E-state index contributed by atoms with van der Waals surface area (Å²) in [4.78, 5) is 46.3. The van der Waals surface area contributed by atoms with Crippen molar-refractivity contribution in [3.63, 3.8) is 0 Å². The predicted octanol–water partition coefficient (Wildman–Crippen LogP) is 8.10. The number of ether oxygens (including phenoxy) is 3. The van der Waals surface area contributed by atoms with E-state index >= 15 is 0 Å². The van der Waals surface area contributed by atoms with E-state index < -0.39 is 23.7 Å². The van der Waals surface area contributed by atoms with Gasteiger partial charge in [-0.05, 0) is 73.0 Å². The Morgan fingerprint density at radius 3 is 2.37 bits per heavy atom. The van der Waals surface area contributed by atoms with Gasteiger partial charge in [0.15, 0.2) is 5.13 Å². The van der Waals surface area contributed by atoms with E-state index in [2.05, 4.69) is 11.6 Å². The predicted molar refractivity (Wildman–Crippen MR) is 187 cm³/mol. The van der Waals surface area contributed by atoms with Crippen molar-refractivity contribution in [1.29, 1.82) is 0 Å². The van der Waals surface area contributed by atoms with Gasteiger partial charge in [-0.2, -0.15) is 0 Å². The standard InChI is InChI=1S/C39H32N2O7S/c1-4-20-46-38(45)36-25(3)40-39(49-36)41-33(27-14-11-17-30(22-27)48-29-15-9-6-10-16-29)32(35(43)37(41)44)34(42)28-18-19-31(24(2)21-28)47-23-26-12-7-5-8-13-26/h4-19,21-22,33,42H,1,20,23H2,2-3H3/t33-/m1/s1. The number of Topliss-reactive ketones (excluding diaryl/α,β-unsaturated/α-hetero) is 1. The largest absolute Gasteiger partial charge is 0.507 e. The number of ketones is 1. The topological polar surface area (TPSA) is 115 Å². The Kier molecular flexibility index (Phi) is 9.68. The van der Waals surface area contributed by atoms with E-state index in [4.69, 9.17) is 14.2 Å². The second-order valence-electron chi connectivity index (χ2n) is 11.2. The Balaban J connectivity index is 1.42. The molecular formula is C39H32N2O7S. The second kappa shape index (κ2) is 14.4. The van der Waals surface area contributed by atoms with E-state index in [0.29, 0.717) is 40.7 Å². The summed E-state index contributed by atoms with van der Waals surface area (Å²) in [7, 11) is 0. The molecular weight excluding hydrogens is 641 g/mol. The summed E-state index contributed by atoms with van der Waals surface area (Å²) in [5, 5.41) is 11.9. The fourth-order valence-corrected chi connectivity index (χ4v) is 6.43. The van der Waals surface area contributed by atoms with Crippen LogP contribution in [0, 0.1) is 13.8 Å². The minimum Gasteiger partial charge on any atom is -0.507 e. The first-order valence-corrected chi connectivity index (χ1v) is 16.2. The number of nitrogens with zero attached hydrogens (tertiary/aromatic N) is 2. The van der Waals surface area contributed by atoms with Crippen molar-refractivity contribution in [2.45, 2.75) is 26.5 Å². The van der Waals surface area contributed by atoms with Gasteiger partial charge in [-0.3, -0.25) is 14.5 Å². The van der Waals surface area contributed by atoms with Crippen LogP contribution in [-0.2, 0) is 20.9 Å². The molecule has 0 aliphatic carbocycles. The van der Waals surface area contributed by atoms with E-state index in [1.807, 2.05) is 55.5 Å². The molecule has 10 heteroatoms. The van der Waals surface area contributed by atoms with Crippen molar-refractivity contribution >= 4 is 39.9 Å². The molecule has 9 nitrogen and oxygen atoms in total. The van der Waals surface area contributed by atoms with Crippen LogP contribution < -0.4 is 14.4 Å². The van der Waals surface area contributed by atoms with E-state index in [1.54, 1.807) is 61.5 Å². The molecule has 1 aromatic heterocycles. The van der Waals surface area contributed by atoms with Gasteiger partial charge in [0, 0.05) is 5.56 Å². The third-order valence-electron chi connectivity index (χ3n) is 7.79. The second-order valence-corrected chi connectivity index (χ2v) is 12.2. The van der Waals surface area contributed by atoms with Gasteiger partial charge in [0.25, 0.3) is 5.78 Å². The average Bonchev–Trinajstić information content (AvgIpc) is 3.63. The lowest BCUT2D eigenvalue weighted by atomic mass is 9.94. The molecule has 49 heavy (non-hydrogen) atoms. The molecule has 6 rings (SSSR count). The Bertz CT molecular complexity index is 2070. The molecule has 1 aliphatic rings. The molecule has 246 valence electrons. The van der Waals surface area contributed by atoms with Crippen LogP contribution in [0.3, 0.4) is 0 Å². The van der Waals surface area contributed by atoms with Gasteiger partial charge >= 0.3 is 11.9 Å². The highest BCUT2D eigenvalue weighted by atomic mass is 32.1. The number of rotatable bonds is 11. The van der Waals surface area contributed by atoms with Gasteiger partial charge in [-0.1, -0.05) is 84.7 Å². The number of benzene rings is 4. The minimum absolute atomic E-state index is 0.000269. The maximum absolute atomic E-state index is 13.9. The maximum Gasteiger partial charge on any atom is 0.350 e. The van der Waals surface area contributed by atoms with Crippen molar-refractivity contribution in [1.82, 2.24) is 4.98 Å². The molecule has 2 heterocycles. The summed E-state index contributed by atoms with van der Waals surface area (Å²) >= 11 is 0.925. The van der Waals surface area contributed by atoms with Gasteiger partial charge in [-0.25, -0.2) is 9.78 Å². The third-order valence-corrected chi connectivity index (χ3v) is 8.93. The van der Waals surface area contributed by atoms with Crippen molar-refractivity contribution in [2.24, 2.45) is 0 Å². The number of hydrogen-bond donors (Lipinski definition) is 1. The van der Waals surface area contributed by atoms with Crippen LogP contribution in [0.1, 0.15) is 43.7 Å². The van der Waals surface area contributed by atoms with Crippen LogP contribution >= 0.6 is 11.3 Å². The number of amides is 1. The SMILES string of the molecule is C=CCOC(=O)c1sc(N2C(=O)C(=O)C(=C(O)c3ccc(OCc4ccccc4)c(C)c3)[C@H]2c2cccc(Oc3ccccc3)c2)nc1C. The Labute approximate surface area is 287 Å². The number of carbonyl (C=O) groups excluding carboxylic acids is 3. The Morgan fingerprint density at radius 2 is 1.65 bits per heavy atom. The zero-order valence-electron chi connectivity index (χ0n) is 26.8. The summed E-state index contributed by atoms with van der Waals surface area (Å²) in [6.07, 6.45) is 1.45. The third kappa shape index (κ3) is 7.00. The molecule has 0 bridgehead atoms. The Morgan fingerprint density at radius 1 is 0.939 bits per heavy atom. The van der Waals surface area contributed by atoms with Crippen LogP contribution in [0.2, 0.25) is 0 Å². The molecule has 1 fully saturated rings. The van der Waals surface area contributed by atoms with Crippen LogP contribution in [0.25, 0.3) is 5.76 Å². The normalized spacial score (nSPS) is 15.2. The molecule has 0 saturated carbocycles. The van der Waals surface area contributed by atoms with Crippen LogP contribution in [0.5, 0.6) is 17.2 Å². The first kappa shape index (κ1) is 32.9. The fraction of sp³-hybridized carbons (Fsp3) is 0.128. The molecule has 1 aliphatic heterocycles. The van der Waals surface area contributed by atoms with Crippen molar-refractivity contribution < 1.29 is 33.7 Å². The van der Waals surface area contributed by atoms with Crippen molar-refractivity contribution in [3.05, 3.63) is 154 Å². The molecule has 1 saturated heterocycles. The zero-order chi connectivity index (χ0) is 34.5. The van der Waals surface area contributed by atoms with Crippen LogP contribution in [0.4, 0.5) is 5.13 Å². The summed E-state index contributed by atoms with van der Waals surface area (Å²) in [5.41, 5.74) is 2.73. The lowest BCUT2D eigenvalue weighted by Gasteiger charge is -2.23. The quantitative estimate of drug-likeness (QED) is 0.0492. The molecule has 1 atom stereocenters. The number of carbonyl (C=O) groups is 3. The van der Waals surface area contributed by atoms with E-state index in [1.165, 1.54) is 11.0 Å². The van der Waals surface area contributed by atoms with Crippen molar-refractivity contribution in [3.8, 4) is 17.2 Å². The minimum atomic E-state index is -1.10. The summed E-state index contributed by atoms with van der Waals surface area (Å²) < 4.78 is 17.3. The first-order valence-electron chi connectivity index (χ1n) is 15.4. The van der Waals surface area contributed by atoms with Crippen LogP contribution in [-0.4, -0.2) is 34.4 Å². The van der Waals surface area contributed by atoms with Gasteiger partial charge < -0.3 is 19.3 Å².